The van der Waals surface area contributed by atoms with Gasteiger partial charge in [0.15, 0.2) is 0 Å². The van der Waals surface area contributed by atoms with Crippen LogP contribution in [-0.4, -0.2) is 64.3 Å². The molecular formula is C30H59N3O2. The molecule has 0 saturated carbocycles. The molecule has 0 bridgehead atoms. The quantitative estimate of drug-likeness (QED) is 0.289. The molecule has 0 spiro atoms. The van der Waals surface area contributed by atoms with E-state index in [1.807, 2.05) is 0 Å². The molecule has 2 saturated heterocycles. The number of nitrogens with one attached hydrogen (secondary N) is 1. The standard InChI is InChI=1S/C30H59N3O2/c1-12-13-30(11,26(2,3)4)15-14-27(5,6)23-22-24(34)33(25(23)35)29(9,10)16-18-31-28(7,8)17-19-32-20-21-32/h23-24,31,34H,12-22H2,1-11H3. The van der Waals surface area contributed by atoms with Crippen LogP contribution in [0.2, 0.25) is 0 Å². The molecule has 1 amide bonds. The van der Waals surface area contributed by atoms with E-state index >= 15 is 0 Å². The third-order valence-corrected chi connectivity index (χ3v) is 9.74. The number of aliphatic hydroxyl groups is 1. The maximum absolute atomic E-state index is 13.7. The van der Waals surface area contributed by atoms with E-state index in [0.29, 0.717) is 6.42 Å². The van der Waals surface area contributed by atoms with Crippen LogP contribution in [0.15, 0.2) is 0 Å². The average Bonchev–Trinajstić information content (AvgIpc) is 3.47. The molecule has 2 rings (SSSR count). The van der Waals surface area contributed by atoms with E-state index in [9.17, 15) is 9.90 Å². The van der Waals surface area contributed by atoms with Crippen LogP contribution >= 0.6 is 0 Å². The summed E-state index contributed by atoms with van der Waals surface area (Å²) < 4.78 is 0. The lowest BCUT2D eigenvalue weighted by molar-refractivity contribution is -0.145. The van der Waals surface area contributed by atoms with Crippen molar-refractivity contribution in [3.05, 3.63) is 0 Å². The van der Waals surface area contributed by atoms with Gasteiger partial charge in [0.1, 0.15) is 6.23 Å². The van der Waals surface area contributed by atoms with Crippen LogP contribution in [0.25, 0.3) is 0 Å². The van der Waals surface area contributed by atoms with Crippen molar-refractivity contribution in [1.29, 1.82) is 0 Å². The minimum absolute atomic E-state index is 0.0784. The maximum atomic E-state index is 13.7. The van der Waals surface area contributed by atoms with Gasteiger partial charge in [-0.05, 0) is 89.1 Å². The highest BCUT2D eigenvalue weighted by Gasteiger charge is 2.51. The average molecular weight is 494 g/mol. The van der Waals surface area contributed by atoms with Crippen molar-refractivity contribution in [2.24, 2.45) is 22.2 Å². The summed E-state index contributed by atoms with van der Waals surface area (Å²) in [5, 5.41) is 14.8. The summed E-state index contributed by atoms with van der Waals surface area (Å²) in [7, 11) is 0. The van der Waals surface area contributed by atoms with Gasteiger partial charge in [0.05, 0.1) is 0 Å². The second kappa shape index (κ2) is 11.0. The van der Waals surface area contributed by atoms with Gasteiger partial charge in [-0.2, -0.15) is 0 Å². The van der Waals surface area contributed by atoms with E-state index in [1.165, 1.54) is 25.9 Å². The van der Waals surface area contributed by atoms with Crippen LogP contribution < -0.4 is 5.32 Å². The molecule has 0 aromatic heterocycles. The van der Waals surface area contributed by atoms with E-state index < -0.39 is 6.23 Å². The molecule has 0 aromatic rings. The molecule has 206 valence electrons. The number of carbonyl (C=O) groups is 1. The molecule has 0 aliphatic carbocycles. The first-order valence-corrected chi connectivity index (χ1v) is 14.3. The highest BCUT2D eigenvalue weighted by molar-refractivity contribution is 5.82. The predicted molar refractivity (Wildman–Crippen MR) is 148 cm³/mol. The Morgan fingerprint density at radius 1 is 0.886 bits per heavy atom. The molecular weight excluding hydrogens is 434 g/mol. The number of carbonyl (C=O) groups excluding carboxylic acids is 1. The predicted octanol–water partition coefficient (Wildman–Crippen LogP) is 6.05. The van der Waals surface area contributed by atoms with Crippen molar-refractivity contribution in [3.63, 3.8) is 0 Å². The number of likely N-dealkylation sites (tertiary alicyclic amines) is 1. The number of hydrogen-bond donors (Lipinski definition) is 2. The summed E-state index contributed by atoms with van der Waals surface area (Å²) in [5.41, 5.74) is 0.0272. The molecule has 2 heterocycles. The Kier molecular flexibility index (Phi) is 9.60. The van der Waals surface area contributed by atoms with Gasteiger partial charge in [-0.3, -0.25) is 4.79 Å². The fourth-order valence-electron chi connectivity index (χ4n) is 5.93. The zero-order chi connectivity index (χ0) is 26.9. The first-order valence-electron chi connectivity index (χ1n) is 14.3. The Labute approximate surface area is 217 Å². The highest BCUT2D eigenvalue weighted by Crippen LogP contribution is 2.50. The number of hydrogen-bond acceptors (Lipinski definition) is 4. The molecule has 0 radical (unpaired) electrons. The van der Waals surface area contributed by atoms with Crippen LogP contribution in [0.1, 0.15) is 121 Å². The van der Waals surface area contributed by atoms with Gasteiger partial charge in [0.2, 0.25) is 5.91 Å². The fraction of sp³-hybridized carbons (Fsp3) is 0.967. The Bertz CT molecular complexity index is 705. The molecule has 2 aliphatic rings. The van der Waals surface area contributed by atoms with Crippen LogP contribution in [0.5, 0.6) is 0 Å². The first-order chi connectivity index (χ1) is 15.9. The number of rotatable bonds is 14. The van der Waals surface area contributed by atoms with Gasteiger partial charge in [0, 0.05) is 36.5 Å². The van der Waals surface area contributed by atoms with E-state index in [-0.39, 0.29) is 39.1 Å². The Hall–Kier alpha value is -0.650. The van der Waals surface area contributed by atoms with E-state index in [2.05, 4.69) is 86.4 Å². The number of nitrogens with zero attached hydrogens (tertiary/aromatic N) is 2. The summed E-state index contributed by atoms with van der Waals surface area (Å²) in [6, 6.07) is 0. The van der Waals surface area contributed by atoms with Gasteiger partial charge in [0.25, 0.3) is 0 Å². The minimum atomic E-state index is -0.693. The van der Waals surface area contributed by atoms with Crippen molar-refractivity contribution in [2.45, 2.75) is 138 Å². The summed E-state index contributed by atoms with van der Waals surface area (Å²) in [4.78, 5) is 18.0. The van der Waals surface area contributed by atoms with Crippen LogP contribution in [0.3, 0.4) is 0 Å². The third kappa shape index (κ3) is 7.92. The Morgan fingerprint density at radius 2 is 1.49 bits per heavy atom. The van der Waals surface area contributed by atoms with Crippen molar-refractivity contribution in [2.75, 3.05) is 26.2 Å². The number of aliphatic hydroxyl groups excluding tert-OH is 1. The molecule has 5 nitrogen and oxygen atoms in total. The van der Waals surface area contributed by atoms with Crippen molar-refractivity contribution < 1.29 is 9.90 Å². The second-order valence-corrected chi connectivity index (χ2v) is 15.0. The monoisotopic (exact) mass is 493 g/mol. The van der Waals surface area contributed by atoms with E-state index in [0.717, 1.165) is 38.8 Å². The van der Waals surface area contributed by atoms with Crippen LogP contribution in [0, 0.1) is 22.2 Å². The van der Waals surface area contributed by atoms with Crippen LogP contribution in [0.4, 0.5) is 0 Å². The molecule has 5 heteroatoms. The van der Waals surface area contributed by atoms with Crippen molar-refractivity contribution >= 4 is 5.91 Å². The number of amides is 1. The minimum Gasteiger partial charge on any atom is -0.373 e. The van der Waals surface area contributed by atoms with Crippen molar-refractivity contribution in [1.82, 2.24) is 15.1 Å². The Balaban J connectivity index is 1.99. The maximum Gasteiger partial charge on any atom is 0.228 e. The lowest BCUT2D eigenvalue weighted by atomic mass is 9.60. The van der Waals surface area contributed by atoms with Gasteiger partial charge >= 0.3 is 0 Å². The molecule has 3 atom stereocenters. The molecule has 2 aliphatic heterocycles. The third-order valence-electron chi connectivity index (χ3n) is 9.74. The van der Waals surface area contributed by atoms with E-state index in [4.69, 9.17) is 0 Å². The van der Waals surface area contributed by atoms with Crippen LogP contribution in [-0.2, 0) is 4.79 Å². The molecule has 0 aromatic carbocycles. The summed E-state index contributed by atoms with van der Waals surface area (Å²) in [6.07, 6.45) is 6.30. The highest BCUT2D eigenvalue weighted by atomic mass is 16.3. The lowest BCUT2D eigenvalue weighted by Gasteiger charge is -2.45. The smallest absolute Gasteiger partial charge is 0.228 e. The van der Waals surface area contributed by atoms with Gasteiger partial charge in [-0.1, -0.05) is 54.9 Å². The molecule has 2 N–H and O–H groups in total. The fourth-order valence-corrected chi connectivity index (χ4v) is 5.93. The second-order valence-electron chi connectivity index (χ2n) is 15.0. The zero-order valence-corrected chi connectivity index (χ0v) is 25.2. The molecule has 3 unspecified atom stereocenters. The van der Waals surface area contributed by atoms with E-state index in [1.54, 1.807) is 4.90 Å². The van der Waals surface area contributed by atoms with Gasteiger partial charge in [-0.25, -0.2) is 0 Å². The lowest BCUT2D eigenvalue weighted by Crippen LogP contribution is -2.52. The first kappa shape index (κ1) is 30.6. The topological polar surface area (TPSA) is 55.6 Å². The summed E-state index contributed by atoms with van der Waals surface area (Å²) in [5.74, 6) is 0.0147. The largest absolute Gasteiger partial charge is 0.373 e. The van der Waals surface area contributed by atoms with Gasteiger partial charge in [-0.15, -0.1) is 0 Å². The Morgan fingerprint density at radius 3 is 2.00 bits per heavy atom. The summed E-state index contributed by atoms with van der Waals surface area (Å²) in [6.45, 7) is 29.5. The normalized spacial score (nSPS) is 24.2. The molecule has 35 heavy (non-hydrogen) atoms. The SMILES string of the molecule is CCCC(C)(CCC(C)(C)C1CC(O)N(C(C)(C)CCNC(C)(C)CCN2CC2)C1=O)C(C)(C)C. The van der Waals surface area contributed by atoms with Gasteiger partial charge < -0.3 is 20.2 Å². The molecule has 2 fully saturated rings. The zero-order valence-electron chi connectivity index (χ0n) is 25.2. The van der Waals surface area contributed by atoms with Crippen molar-refractivity contribution in [3.8, 4) is 0 Å². The summed E-state index contributed by atoms with van der Waals surface area (Å²) >= 11 is 0.